The zero-order chi connectivity index (χ0) is 20.6. The van der Waals surface area contributed by atoms with Crippen molar-refractivity contribution in [2.75, 3.05) is 10.6 Å². The highest BCUT2D eigenvalue weighted by Gasteiger charge is 2.25. The lowest BCUT2D eigenvalue weighted by atomic mass is 9.87. The van der Waals surface area contributed by atoms with Gasteiger partial charge < -0.3 is 5.32 Å². The molecule has 2 aromatic carbocycles. The molecule has 2 N–H and O–H groups in total. The Bertz CT molecular complexity index is 1050. The first kappa shape index (κ1) is 19.6. The van der Waals surface area contributed by atoms with E-state index in [2.05, 4.69) is 62.6 Å². The molecule has 0 aliphatic carbocycles. The molecule has 0 spiro atoms. The standard InChI is InChI=1S/C23H26N4OS/c1-15-6-5-7-18(12-15)27-21(19-13-29-14-20(19)26-27)25-22(28)24-17-10-8-16(9-11-17)23(2,3)4/h5-12H,13-14H2,1-4H3,(H2,24,25,28). The van der Waals surface area contributed by atoms with Gasteiger partial charge in [0, 0.05) is 22.8 Å². The zero-order valence-corrected chi connectivity index (χ0v) is 18.1. The van der Waals surface area contributed by atoms with E-state index in [4.69, 9.17) is 5.10 Å². The molecule has 4 rings (SSSR count). The number of amides is 2. The van der Waals surface area contributed by atoms with Gasteiger partial charge in [0.2, 0.25) is 0 Å². The molecule has 0 bridgehead atoms. The van der Waals surface area contributed by atoms with Crippen molar-refractivity contribution in [3.05, 3.63) is 70.9 Å². The van der Waals surface area contributed by atoms with Crippen LogP contribution in [0.5, 0.6) is 0 Å². The summed E-state index contributed by atoms with van der Waals surface area (Å²) in [5.41, 5.74) is 6.34. The van der Waals surface area contributed by atoms with E-state index in [0.29, 0.717) is 0 Å². The van der Waals surface area contributed by atoms with Crippen LogP contribution < -0.4 is 10.6 Å². The largest absolute Gasteiger partial charge is 0.324 e. The number of benzene rings is 2. The molecule has 5 nitrogen and oxygen atoms in total. The Labute approximate surface area is 175 Å². The molecule has 29 heavy (non-hydrogen) atoms. The first-order valence-corrected chi connectivity index (χ1v) is 10.9. The van der Waals surface area contributed by atoms with Crippen LogP contribution in [0.1, 0.15) is 43.2 Å². The van der Waals surface area contributed by atoms with Crippen molar-refractivity contribution in [2.24, 2.45) is 0 Å². The van der Waals surface area contributed by atoms with E-state index >= 15 is 0 Å². The van der Waals surface area contributed by atoms with Gasteiger partial charge in [-0.2, -0.15) is 16.9 Å². The highest BCUT2D eigenvalue weighted by atomic mass is 32.2. The summed E-state index contributed by atoms with van der Waals surface area (Å²) < 4.78 is 1.85. The highest BCUT2D eigenvalue weighted by molar-refractivity contribution is 7.98. The molecule has 0 saturated carbocycles. The minimum Gasteiger partial charge on any atom is -0.308 e. The maximum atomic E-state index is 12.7. The van der Waals surface area contributed by atoms with E-state index in [1.165, 1.54) is 5.56 Å². The van der Waals surface area contributed by atoms with Crippen molar-refractivity contribution in [1.82, 2.24) is 9.78 Å². The van der Waals surface area contributed by atoms with Crippen LogP contribution >= 0.6 is 11.8 Å². The Morgan fingerprint density at radius 1 is 1.07 bits per heavy atom. The second kappa shape index (κ2) is 7.59. The Morgan fingerprint density at radius 2 is 1.83 bits per heavy atom. The average Bonchev–Trinajstić information content (AvgIpc) is 3.24. The topological polar surface area (TPSA) is 59.0 Å². The van der Waals surface area contributed by atoms with E-state index in [1.54, 1.807) is 0 Å². The Hall–Kier alpha value is -2.73. The lowest BCUT2D eigenvalue weighted by Gasteiger charge is -2.19. The third-order valence-electron chi connectivity index (χ3n) is 5.04. The Morgan fingerprint density at radius 3 is 2.52 bits per heavy atom. The number of carbonyl (C=O) groups excluding carboxylic acids is 1. The summed E-state index contributed by atoms with van der Waals surface area (Å²) in [5, 5.41) is 10.7. The number of nitrogens with zero attached hydrogens (tertiary/aromatic N) is 2. The summed E-state index contributed by atoms with van der Waals surface area (Å²) in [7, 11) is 0. The predicted octanol–water partition coefficient (Wildman–Crippen LogP) is 5.87. The molecule has 0 radical (unpaired) electrons. The number of rotatable bonds is 3. The van der Waals surface area contributed by atoms with Crippen molar-refractivity contribution < 1.29 is 4.79 Å². The number of hydrogen-bond acceptors (Lipinski definition) is 3. The number of thioether (sulfide) groups is 1. The number of hydrogen-bond donors (Lipinski definition) is 2. The molecular formula is C23H26N4OS. The second-order valence-electron chi connectivity index (χ2n) is 8.42. The van der Waals surface area contributed by atoms with Gasteiger partial charge in [-0.15, -0.1) is 0 Å². The van der Waals surface area contributed by atoms with Crippen LogP contribution in [0.25, 0.3) is 5.69 Å². The fraction of sp³-hybridized carbons (Fsp3) is 0.304. The van der Waals surface area contributed by atoms with Gasteiger partial charge in [0.15, 0.2) is 0 Å². The van der Waals surface area contributed by atoms with Crippen molar-refractivity contribution >= 4 is 29.3 Å². The number of urea groups is 1. The summed E-state index contributed by atoms with van der Waals surface area (Å²) in [6.07, 6.45) is 0. The average molecular weight is 407 g/mol. The quantitative estimate of drug-likeness (QED) is 0.572. The minimum atomic E-state index is -0.262. The minimum absolute atomic E-state index is 0.0827. The molecule has 0 fully saturated rings. The lowest BCUT2D eigenvalue weighted by molar-refractivity contribution is 0.262. The number of carbonyl (C=O) groups is 1. The summed E-state index contributed by atoms with van der Waals surface area (Å²) in [4.78, 5) is 12.7. The van der Waals surface area contributed by atoms with Crippen LogP contribution in [0.4, 0.5) is 16.3 Å². The highest BCUT2D eigenvalue weighted by Crippen LogP contribution is 2.36. The number of anilines is 2. The van der Waals surface area contributed by atoms with Crippen LogP contribution in [0.15, 0.2) is 48.5 Å². The van der Waals surface area contributed by atoms with Crippen LogP contribution in [-0.4, -0.2) is 15.8 Å². The normalized spacial score (nSPS) is 13.2. The Balaban J connectivity index is 1.57. The summed E-state index contributed by atoms with van der Waals surface area (Å²) >= 11 is 1.82. The molecule has 3 aromatic rings. The van der Waals surface area contributed by atoms with Crippen molar-refractivity contribution in [3.8, 4) is 5.69 Å². The van der Waals surface area contributed by atoms with Gasteiger partial charge in [0.25, 0.3) is 0 Å². The molecule has 1 aliphatic heterocycles. The number of fused-ring (bicyclic) bond motifs is 1. The van der Waals surface area contributed by atoms with Crippen molar-refractivity contribution in [1.29, 1.82) is 0 Å². The van der Waals surface area contributed by atoms with Crippen LogP contribution in [0, 0.1) is 6.92 Å². The third kappa shape index (κ3) is 4.17. The lowest BCUT2D eigenvalue weighted by Crippen LogP contribution is -2.22. The van der Waals surface area contributed by atoms with Crippen LogP contribution in [-0.2, 0) is 16.9 Å². The molecule has 150 valence electrons. The number of aromatic nitrogens is 2. The van der Waals surface area contributed by atoms with Gasteiger partial charge >= 0.3 is 6.03 Å². The number of aryl methyl sites for hydroxylation is 1. The number of nitrogens with one attached hydrogen (secondary N) is 2. The van der Waals surface area contributed by atoms with Gasteiger partial charge in [0.1, 0.15) is 5.82 Å². The molecule has 2 heterocycles. The molecule has 2 amide bonds. The van der Waals surface area contributed by atoms with E-state index in [0.717, 1.165) is 45.5 Å². The van der Waals surface area contributed by atoms with Gasteiger partial charge in [-0.05, 0) is 47.7 Å². The molecule has 0 saturated heterocycles. The van der Waals surface area contributed by atoms with Crippen molar-refractivity contribution in [3.63, 3.8) is 0 Å². The predicted molar refractivity (Wildman–Crippen MR) is 121 cm³/mol. The first-order chi connectivity index (χ1) is 13.8. The fourth-order valence-corrected chi connectivity index (χ4v) is 4.45. The maximum absolute atomic E-state index is 12.7. The summed E-state index contributed by atoms with van der Waals surface area (Å²) in [6.45, 7) is 8.57. The molecule has 1 aliphatic rings. The molecule has 6 heteroatoms. The van der Waals surface area contributed by atoms with E-state index < -0.39 is 0 Å². The van der Waals surface area contributed by atoms with E-state index in [9.17, 15) is 4.79 Å². The third-order valence-corrected chi connectivity index (χ3v) is 6.01. The van der Waals surface area contributed by atoms with Crippen LogP contribution in [0.2, 0.25) is 0 Å². The van der Waals surface area contributed by atoms with Crippen LogP contribution in [0.3, 0.4) is 0 Å². The monoisotopic (exact) mass is 406 g/mol. The smallest absolute Gasteiger partial charge is 0.308 e. The van der Waals surface area contributed by atoms with E-state index in [-0.39, 0.29) is 11.4 Å². The van der Waals surface area contributed by atoms with Gasteiger partial charge in [-0.1, -0.05) is 45.0 Å². The van der Waals surface area contributed by atoms with E-state index in [1.807, 2.05) is 40.7 Å². The van der Waals surface area contributed by atoms with Gasteiger partial charge in [-0.25, -0.2) is 9.48 Å². The molecular weight excluding hydrogens is 380 g/mol. The zero-order valence-electron chi connectivity index (χ0n) is 17.2. The SMILES string of the molecule is Cc1cccc(-n2nc3c(c2NC(=O)Nc2ccc(C(C)(C)C)cc2)CSC3)c1. The second-order valence-corrected chi connectivity index (χ2v) is 9.41. The summed E-state index contributed by atoms with van der Waals surface area (Å²) in [6, 6.07) is 15.9. The van der Waals surface area contributed by atoms with Gasteiger partial charge in [0.05, 0.1) is 11.4 Å². The maximum Gasteiger partial charge on any atom is 0.324 e. The Kier molecular flexibility index (Phi) is 5.13. The summed E-state index contributed by atoms with van der Waals surface area (Å²) in [5.74, 6) is 2.48. The fourth-order valence-electron chi connectivity index (χ4n) is 3.41. The molecule has 1 aromatic heterocycles. The van der Waals surface area contributed by atoms with Gasteiger partial charge in [-0.3, -0.25) is 5.32 Å². The first-order valence-electron chi connectivity index (χ1n) is 9.75. The van der Waals surface area contributed by atoms with Crippen molar-refractivity contribution in [2.45, 2.75) is 44.6 Å². The molecule has 0 unspecified atom stereocenters. The molecule has 0 atom stereocenters.